The normalized spacial score (nSPS) is 14.0. The molecule has 1 N–H and O–H groups in total. The van der Waals surface area contributed by atoms with E-state index in [1.165, 1.54) is 0 Å². The van der Waals surface area contributed by atoms with Crippen molar-refractivity contribution in [2.24, 2.45) is 4.99 Å². The molecule has 0 unspecified atom stereocenters. The number of para-hydroxylation sites is 1. The van der Waals surface area contributed by atoms with Gasteiger partial charge >= 0.3 is 0 Å². The van der Waals surface area contributed by atoms with Crippen LogP contribution in [0.4, 0.5) is 0 Å². The highest BCUT2D eigenvalue weighted by Crippen LogP contribution is 2.32. The van der Waals surface area contributed by atoms with Gasteiger partial charge in [0.05, 0.1) is 26.8 Å². The molecule has 1 aromatic carbocycles. The minimum Gasteiger partial charge on any atom is -0.748 e. The number of aromatic nitrogens is 1. The molecule has 1 amide bonds. The van der Waals surface area contributed by atoms with E-state index in [4.69, 9.17) is 12.2 Å². The molecular formula is C13H9N2O5S3-. The molecule has 0 saturated heterocycles. The third kappa shape index (κ3) is 2.98. The van der Waals surface area contributed by atoms with Crippen LogP contribution in [-0.4, -0.2) is 34.3 Å². The Morgan fingerprint density at radius 1 is 1.35 bits per heavy atom. The monoisotopic (exact) mass is 369 g/mol. The van der Waals surface area contributed by atoms with E-state index in [2.05, 4.69) is 4.99 Å². The number of amides is 1. The van der Waals surface area contributed by atoms with Gasteiger partial charge in [0, 0.05) is 11.8 Å². The maximum atomic E-state index is 12.1. The number of hydrogen-bond acceptors (Lipinski definition) is 7. The van der Waals surface area contributed by atoms with E-state index in [9.17, 15) is 22.9 Å². The molecule has 0 spiro atoms. The van der Waals surface area contributed by atoms with Gasteiger partial charge in [-0.25, -0.2) is 13.4 Å². The lowest BCUT2D eigenvalue weighted by atomic mass is 10.1. The summed E-state index contributed by atoms with van der Waals surface area (Å²) >= 11 is 6.06. The summed E-state index contributed by atoms with van der Waals surface area (Å²) in [5.41, 5.74) is 0.220. The van der Waals surface area contributed by atoms with Crippen molar-refractivity contribution in [1.82, 2.24) is 4.57 Å². The molecule has 0 aliphatic carbocycles. The zero-order valence-electron chi connectivity index (χ0n) is 11.4. The molecule has 0 atom stereocenters. The van der Waals surface area contributed by atoms with E-state index >= 15 is 0 Å². The Hall–Kier alpha value is -1.88. The Bertz CT molecular complexity index is 1100. The van der Waals surface area contributed by atoms with Gasteiger partial charge in [-0.3, -0.25) is 9.36 Å². The Kier molecular flexibility index (Phi) is 3.92. The predicted molar refractivity (Wildman–Crippen MR) is 84.1 cm³/mol. The third-order valence-electron chi connectivity index (χ3n) is 3.27. The molecule has 1 aliphatic rings. The fourth-order valence-corrected chi connectivity index (χ4v) is 4.04. The van der Waals surface area contributed by atoms with Crippen LogP contribution < -0.4 is 10.6 Å². The van der Waals surface area contributed by atoms with Crippen LogP contribution in [0.1, 0.15) is 4.88 Å². The van der Waals surface area contributed by atoms with Crippen molar-refractivity contribution in [3.8, 4) is 5.88 Å². The minimum atomic E-state index is -4.44. The van der Waals surface area contributed by atoms with Crippen LogP contribution in [0.5, 0.6) is 5.88 Å². The predicted octanol–water partition coefficient (Wildman–Crippen LogP) is -0.111. The summed E-state index contributed by atoms with van der Waals surface area (Å²) in [5, 5.41) is 11.4. The van der Waals surface area contributed by atoms with Gasteiger partial charge in [0.15, 0.2) is 3.95 Å². The molecule has 1 aromatic heterocycles. The van der Waals surface area contributed by atoms with Gasteiger partial charge in [-0.15, -0.1) is 11.3 Å². The second-order valence-corrected chi connectivity index (χ2v) is 7.91. The van der Waals surface area contributed by atoms with Crippen molar-refractivity contribution in [3.05, 3.63) is 43.7 Å². The van der Waals surface area contributed by atoms with Crippen LogP contribution in [0, 0.1) is 3.95 Å². The number of hydrogen-bond donors (Lipinski definition) is 1. The highest BCUT2D eigenvalue weighted by Gasteiger charge is 2.25. The number of fused-ring (bicyclic) bond motifs is 1. The number of rotatable bonds is 4. The first kappa shape index (κ1) is 16.0. The lowest BCUT2D eigenvalue weighted by Gasteiger charge is -2.08. The van der Waals surface area contributed by atoms with E-state index in [1.54, 1.807) is 24.3 Å². The molecule has 2 heterocycles. The summed E-state index contributed by atoms with van der Waals surface area (Å²) in [7, 11) is -4.44. The van der Waals surface area contributed by atoms with Crippen LogP contribution in [0.2, 0.25) is 0 Å². The quantitative estimate of drug-likeness (QED) is 0.594. The Balaban J connectivity index is 2.16. The topological polar surface area (TPSA) is 112 Å². The number of thiazole rings is 1. The largest absolute Gasteiger partial charge is 0.748 e. The maximum Gasteiger partial charge on any atom is 0.279 e. The standard InChI is InChI=1S/C13H10N2O5S3/c16-11-9(7-3-1-2-4-8(7)14-11)10-12(17)15(13(21)22-10)5-6-23(18,19)20/h1-4,17H,5-6H2,(H,18,19,20)/p-1. The third-order valence-corrected chi connectivity index (χ3v) is 5.41. The molecule has 7 nitrogen and oxygen atoms in total. The second-order valence-electron chi connectivity index (χ2n) is 4.74. The van der Waals surface area contributed by atoms with Gasteiger partial charge < -0.3 is 9.66 Å². The highest BCUT2D eigenvalue weighted by atomic mass is 32.2. The molecule has 0 saturated carbocycles. The van der Waals surface area contributed by atoms with Gasteiger partial charge in [0.25, 0.3) is 5.91 Å². The first-order chi connectivity index (χ1) is 10.8. The first-order valence-corrected chi connectivity index (χ1v) is 9.17. The molecule has 10 heteroatoms. The summed E-state index contributed by atoms with van der Waals surface area (Å²) in [6, 6.07) is 6.86. The molecule has 120 valence electrons. The zero-order valence-corrected chi connectivity index (χ0v) is 13.9. The van der Waals surface area contributed by atoms with Gasteiger partial charge in [-0.2, -0.15) is 0 Å². The van der Waals surface area contributed by atoms with Crippen LogP contribution in [-0.2, 0) is 21.5 Å². The fourth-order valence-electron chi connectivity index (χ4n) is 2.24. The zero-order chi connectivity index (χ0) is 16.8. The lowest BCUT2D eigenvalue weighted by molar-refractivity contribution is -0.112. The van der Waals surface area contributed by atoms with Gasteiger partial charge in [0.2, 0.25) is 5.88 Å². The number of nitrogens with zero attached hydrogens (tertiary/aromatic N) is 2. The maximum absolute atomic E-state index is 12.1. The summed E-state index contributed by atoms with van der Waals surface area (Å²) in [6.45, 7) is -0.271. The van der Waals surface area contributed by atoms with Crippen molar-refractivity contribution < 1.29 is 22.9 Å². The molecule has 2 aromatic rings. The van der Waals surface area contributed by atoms with Crippen molar-refractivity contribution in [2.45, 2.75) is 6.54 Å². The van der Waals surface area contributed by atoms with E-state index < -0.39 is 21.8 Å². The average Bonchev–Trinajstić information content (AvgIpc) is 2.92. The van der Waals surface area contributed by atoms with Crippen molar-refractivity contribution >= 4 is 45.2 Å². The summed E-state index contributed by atoms with van der Waals surface area (Å²) in [4.78, 5) is 16.2. The Morgan fingerprint density at radius 3 is 2.74 bits per heavy atom. The number of carbonyl (C=O) groups excluding carboxylic acids is 1. The van der Waals surface area contributed by atoms with Gasteiger partial charge in [-0.1, -0.05) is 18.2 Å². The number of carbonyl (C=O) groups is 1. The molecule has 23 heavy (non-hydrogen) atoms. The number of aromatic hydroxyl groups is 1. The molecule has 0 radical (unpaired) electrons. The molecule has 3 rings (SSSR count). The molecule has 0 fully saturated rings. The minimum absolute atomic E-state index is 0.172. The SMILES string of the molecule is O=C1N=c2ccccc2=C1c1sc(=S)n(CCS(=O)(=O)[O-])c1O. The van der Waals surface area contributed by atoms with E-state index in [0.717, 1.165) is 15.9 Å². The van der Waals surface area contributed by atoms with Crippen LogP contribution >= 0.6 is 23.6 Å². The van der Waals surface area contributed by atoms with Crippen molar-refractivity contribution in [1.29, 1.82) is 0 Å². The second kappa shape index (κ2) is 5.64. The van der Waals surface area contributed by atoms with Crippen LogP contribution in [0.3, 0.4) is 0 Å². The number of benzene rings is 1. The molecular weight excluding hydrogens is 360 g/mol. The highest BCUT2D eigenvalue weighted by molar-refractivity contribution is 7.85. The summed E-state index contributed by atoms with van der Waals surface area (Å²) in [6.07, 6.45) is 0. The smallest absolute Gasteiger partial charge is 0.279 e. The summed E-state index contributed by atoms with van der Waals surface area (Å²) in [5.74, 6) is -1.53. The summed E-state index contributed by atoms with van der Waals surface area (Å²) < 4.78 is 33.6. The Labute approximate surface area is 139 Å². The van der Waals surface area contributed by atoms with Crippen molar-refractivity contribution in [3.63, 3.8) is 0 Å². The van der Waals surface area contributed by atoms with Crippen LogP contribution in [0.25, 0.3) is 5.57 Å². The first-order valence-electron chi connectivity index (χ1n) is 6.37. The fraction of sp³-hybridized carbons (Fsp3) is 0.154. The Morgan fingerprint density at radius 2 is 2.04 bits per heavy atom. The van der Waals surface area contributed by atoms with E-state index in [0.29, 0.717) is 10.6 Å². The molecule has 1 aliphatic heterocycles. The van der Waals surface area contributed by atoms with E-state index in [-0.39, 0.29) is 26.8 Å². The average molecular weight is 369 g/mol. The lowest BCUT2D eigenvalue weighted by Crippen LogP contribution is -2.22. The van der Waals surface area contributed by atoms with Gasteiger partial charge in [-0.05, 0) is 18.3 Å². The van der Waals surface area contributed by atoms with Crippen LogP contribution in [0.15, 0.2) is 29.3 Å². The molecule has 0 bridgehead atoms. The van der Waals surface area contributed by atoms with Gasteiger partial charge in [0.1, 0.15) is 4.88 Å². The van der Waals surface area contributed by atoms with E-state index in [1.807, 2.05) is 0 Å². The van der Waals surface area contributed by atoms with Crippen molar-refractivity contribution in [2.75, 3.05) is 5.75 Å².